The molecule has 94 valence electrons. The molecule has 0 saturated carbocycles. The summed E-state index contributed by atoms with van der Waals surface area (Å²) in [5.74, 6) is -0.0604. The Balaban J connectivity index is 2.46. The molecule has 0 radical (unpaired) electrons. The Kier molecular flexibility index (Phi) is 5.70. The lowest BCUT2D eigenvalue weighted by Crippen LogP contribution is -2.41. The van der Waals surface area contributed by atoms with E-state index in [1.807, 2.05) is 37.3 Å². The summed E-state index contributed by atoms with van der Waals surface area (Å²) in [5, 5.41) is 2.94. The minimum Gasteiger partial charge on any atom is -0.348 e. The molecule has 1 amide bonds. The van der Waals surface area contributed by atoms with Gasteiger partial charge in [-0.2, -0.15) is 0 Å². The van der Waals surface area contributed by atoms with E-state index in [1.165, 1.54) is 0 Å². The summed E-state index contributed by atoms with van der Waals surface area (Å²) in [6.45, 7) is 4.07. The molecule has 0 saturated heterocycles. The number of nitrogens with one attached hydrogen (secondary N) is 1. The van der Waals surface area contributed by atoms with Crippen LogP contribution in [-0.4, -0.2) is 11.9 Å². The molecule has 1 aromatic rings. The fraction of sp³-hybridized carbons (Fsp3) is 0.500. The first-order valence-corrected chi connectivity index (χ1v) is 6.26. The Morgan fingerprint density at radius 2 is 2.00 bits per heavy atom. The summed E-state index contributed by atoms with van der Waals surface area (Å²) in [6, 6.07) is 9.53. The van der Waals surface area contributed by atoms with Crippen LogP contribution in [0.4, 0.5) is 0 Å². The number of hydrogen-bond acceptors (Lipinski definition) is 2. The second-order valence-corrected chi connectivity index (χ2v) is 4.39. The van der Waals surface area contributed by atoms with E-state index >= 15 is 0 Å². The number of nitrogens with two attached hydrogens (primary N) is 1. The Hall–Kier alpha value is -1.35. The number of carbonyl (C=O) groups is 1. The highest BCUT2D eigenvalue weighted by Crippen LogP contribution is 2.11. The molecular weight excluding hydrogens is 212 g/mol. The van der Waals surface area contributed by atoms with E-state index in [2.05, 4.69) is 12.2 Å². The Bertz CT molecular complexity index is 337. The van der Waals surface area contributed by atoms with Crippen molar-refractivity contribution in [2.45, 2.75) is 45.2 Å². The van der Waals surface area contributed by atoms with Gasteiger partial charge in [0.25, 0.3) is 0 Å². The second kappa shape index (κ2) is 7.07. The van der Waals surface area contributed by atoms with Crippen LogP contribution in [0.25, 0.3) is 0 Å². The van der Waals surface area contributed by atoms with Gasteiger partial charge in [0.1, 0.15) is 0 Å². The van der Waals surface area contributed by atoms with Crippen molar-refractivity contribution in [1.29, 1.82) is 0 Å². The second-order valence-electron chi connectivity index (χ2n) is 4.39. The normalized spacial score (nSPS) is 14.1. The largest absolute Gasteiger partial charge is 0.348 e. The van der Waals surface area contributed by atoms with Crippen LogP contribution in [0, 0.1) is 0 Å². The molecule has 0 spiro atoms. The average Bonchev–Trinajstić information content (AvgIpc) is 2.36. The van der Waals surface area contributed by atoms with Gasteiger partial charge in [0.2, 0.25) is 5.91 Å². The third-order valence-corrected chi connectivity index (χ3v) is 2.86. The van der Waals surface area contributed by atoms with Gasteiger partial charge in [0.05, 0.1) is 12.1 Å². The topological polar surface area (TPSA) is 55.1 Å². The molecule has 0 unspecified atom stereocenters. The monoisotopic (exact) mass is 234 g/mol. The van der Waals surface area contributed by atoms with Gasteiger partial charge in [0.15, 0.2) is 0 Å². The summed E-state index contributed by atoms with van der Waals surface area (Å²) >= 11 is 0. The molecular formula is C14H22N2O. The van der Waals surface area contributed by atoms with Gasteiger partial charge in [-0.1, -0.05) is 50.1 Å². The predicted octanol–water partition coefficient (Wildman–Crippen LogP) is 2.38. The van der Waals surface area contributed by atoms with Crippen molar-refractivity contribution in [1.82, 2.24) is 5.32 Å². The van der Waals surface area contributed by atoms with E-state index in [1.54, 1.807) is 0 Å². The van der Waals surface area contributed by atoms with E-state index in [9.17, 15) is 4.79 Å². The lowest BCUT2D eigenvalue weighted by molar-refractivity contribution is -0.123. The molecule has 3 heteroatoms. The lowest BCUT2D eigenvalue weighted by Gasteiger charge is -2.17. The zero-order valence-corrected chi connectivity index (χ0v) is 10.6. The van der Waals surface area contributed by atoms with Crippen LogP contribution in [0.5, 0.6) is 0 Å². The first-order valence-electron chi connectivity index (χ1n) is 6.26. The highest BCUT2D eigenvalue weighted by Gasteiger charge is 2.15. The summed E-state index contributed by atoms with van der Waals surface area (Å²) in [5.41, 5.74) is 6.92. The zero-order chi connectivity index (χ0) is 12.7. The molecule has 3 N–H and O–H groups in total. The van der Waals surface area contributed by atoms with Crippen molar-refractivity contribution in [3.05, 3.63) is 35.9 Å². The fourth-order valence-corrected chi connectivity index (χ4v) is 1.70. The van der Waals surface area contributed by atoms with E-state index in [0.29, 0.717) is 0 Å². The van der Waals surface area contributed by atoms with Gasteiger partial charge >= 0.3 is 0 Å². The maximum atomic E-state index is 11.8. The van der Waals surface area contributed by atoms with Crippen LogP contribution >= 0.6 is 0 Å². The summed E-state index contributed by atoms with van der Waals surface area (Å²) in [7, 11) is 0. The number of benzene rings is 1. The van der Waals surface area contributed by atoms with Crippen LogP contribution in [0.1, 0.15) is 44.7 Å². The summed E-state index contributed by atoms with van der Waals surface area (Å²) < 4.78 is 0. The molecule has 17 heavy (non-hydrogen) atoms. The summed E-state index contributed by atoms with van der Waals surface area (Å²) in [6.07, 6.45) is 2.81. The standard InChI is InChI=1S/C14H22N2O/c1-3-4-10-13(15)14(17)16-11(2)12-8-6-5-7-9-12/h5-9,11,13H,3-4,10,15H2,1-2H3,(H,16,17)/t11-,13+/m1/s1. The van der Waals surface area contributed by atoms with Crippen molar-refractivity contribution in [2.75, 3.05) is 0 Å². The molecule has 2 atom stereocenters. The first-order chi connectivity index (χ1) is 8.15. The first kappa shape index (κ1) is 13.7. The molecule has 0 aliphatic heterocycles. The van der Waals surface area contributed by atoms with Crippen molar-refractivity contribution in [2.24, 2.45) is 5.73 Å². The third kappa shape index (κ3) is 4.57. The number of amides is 1. The van der Waals surface area contributed by atoms with Crippen molar-refractivity contribution < 1.29 is 4.79 Å². The summed E-state index contributed by atoms with van der Waals surface area (Å²) in [4.78, 5) is 11.8. The number of hydrogen-bond donors (Lipinski definition) is 2. The van der Waals surface area contributed by atoms with E-state index in [-0.39, 0.29) is 18.0 Å². The van der Waals surface area contributed by atoms with Gasteiger partial charge in [-0.05, 0) is 18.9 Å². The SMILES string of the molecule is CCCC[C@H](N)C(=O)N[C@H](C)c1ccccc1. The fourth-order valence-electron chi connectivity index (χ4n) is 1.70. The lowest BCUT2D eigenvalue weighted by atomic mass is 10.1. The van der Waals surface area contributed by atoms with Gasteiger partial charge in [-0.15, -0.1) is 0 Å². The van der Waals surface area contributed by atoms with Gasteiger partial charge < -0.3 is 11.1 Å². The third-order valence-electron chi connectivity index (χ3n) is 2.86. The van der Waals surface area contributed by atoms with Crippen LogP contribution in [0.15, 0.2) is 30.3 Å². The van der Waals surface area contributed by atoms with Gasteiger partial charge in [-0.3, -0.25) is 4.79 Å². The number of unbranched alkanes of at least 4 members (excludes halogenated alkanes) is 1. The highest BCUT2D eigenvalue weighted by atomic mass is 16.2. The molecule has 3 nitrogen and oxygen atoms in total. The van der Waals surface area contributed by atoms with E-state index < -0.39 is 0 Å². The molecule has 0 aromatic heterocycles. The quantitative estimate of drug-likeness (QED) is 0.794. The molecule has 0 heterocycles. The van der Waals surface area contributed by atoms with Crippen molar-refractivity contribution in [3.63, 3.8) is 0 Å². The smallest absolute Gasteiger partial charge is 0.237 e. The van der Waals surface area contributed by atoms with Crippen molar-refractivity contribution in [3.8, 4) is 0 Å². The highest BCUT2D eigenvalue weighted by molar-refractivity contribution is 5.81. The van der Waals surface area contributed by atoms with E-state index in [4.69, 9.17) is 5.73 Å². The molecule has 0 bridgehead atoms. The Morgan fingerprint density at radius 1 is 1.35 bits per heavy atom. The van der Waals surface area contributed by atoms with Crippen LogP contribution in [0.2, 0.25) is 0 Å². The molecule has 1 rings (SSSR count). The molecule has 1 aromatic carbocycles. The Labute approximate surface area is 103 Å². The molecule has 0 aliphatic carbocycles. The van der Waals surface area contributed by atoms with Crippen LogP contribution < -0.4 is 11.1 Å². The van der Waals surface area contributed by atoms with Crippen molar-refractivity contribution >= 4 is 5.91 Å². The average molecular weight is 234 g/mol. The van der Waals surface area contributed by atoms with Gasteiger partial charge in [-0.25, -0.2) is 0 Å². The Morgan fingerprint density at radius 3 is 2.59 bits per heavy atom. The van der Waals surface area contributed by atoms with Crippen LogP contribution in [-0.2, 0) is 4.79 Å². The van der Waals surface area contributed by atoms with Crippen LogP contribution in [0.3, 0.4) is 0 Å². The minimum absolute atomic E-state index is 0.0105. The van der Waals surface area contributed by atoms with E-state index in [0.717, 1.165) is 24.8 Å². The van der Waals surface area contributed by atoms with Gasteiger partial charge in [0, 0.05) is 0 Å². The number of rotatable bonds is 6. The molecule has 0 aliphatic rings. The number of carbonyl (C=O) groups excluding carboxylic acids is 1. The zero-order valence-electron chi connectivity index (χ0n) is 10.6. The minimum atomic E-state index is -0.388. The molecule has 0 fully saturated rings. The maximum Gasteiger partial charge on any atom is 0.237 e. The predicted molar refractivity (Wildman–Crippen MR) is 70.5 cm³/mol. The maximum absolute atomic E-state index is 11.8.